The van der Waals surface area contributed by atoms with Crippen LogP contribution < -0.4 is 30.3 Å². The molecule has 2 aliphatic rings. The first-order chi connectivity index (χ1) is 56.9. The maximum atomic E-state index is 12.9. The number of carbonyl (C=O) groups excluding carboxylic acids is 3. The number of H-pyrrole nitrogens is 1. The van der Waals surface area contributed by atoms with Gasteiger partial charge in [0.2, 0.25) is 5.82 Å². The van der Waals surface area contributed by atoms with Gasteiger partial charge in [0.15, 0.2) is 16.8 Å². The van der Waals surface area contributed by atoms with Gasteiger partial charge < -0.3 is 38.7 Å². The number of fused-ring (bicyclic) bond motifs is 3. The average molecular weight is 1640 g/mol. The van der Waals surface area contributed by atoms with Crippen molar-refractivity contribution < 1.29 is 56.4 Å². The van der Waals surface area contributed by atoms with E-state index in [0.717, 1.165) is 132 Å². The number of unbranched alkanes of at least 4 members (excludes halogenated alkanes) is 1. The number of hydrogen-bond acceptors (Lipinski definition) is 17. The number of ether oxygens (including phenoxy) is 3. The number of carbonyl (C=O) groups is 4. The summed E-state index contributed by atoms with van der Waals surface area (Å²) >= 11 is 8.04. The van der Waals surface area contributed by atoms with E-state index in [1.165, 1.54) is 36.4 Å². The highest BCUT2D eigenvalue weighted by molar-refractivity contribution is 7.99. The summed E-state index contributed by atoms with van der Waals surface area (Å²) in [6.07, 6.45) is 17.0. The number of aromatic nitrogens is 6. The third-order valence-corrected chi connectivity index (χ3v) is 24.3. The molecule has 15 rings (SSSR count). The van der Waals surface area contributed by atoms with Crippen molar-refractivity contribution in [1.29, 1.82) is 0 Å². The number of sulfonamides is 1. The van der Waals surface area contributed by atoms with Crippen LogP contribution in [0.5, 0.6) is 11.5 Å². The van der Waals surface area contributed by atoms with Crippen molar-refractivity contribution in [3.8, 4) is 23.1 Å². The lowest BCUT2D eigenvalue weighted by Gasteiger charge is -2.24. The number of methoxy groups -OCH3 is 1. The van der Waals surface area contributed by atoms with Gasteiger partial charge in [-0.15, -0.1) is 10.2 Å². The summed E-state index contributed by atoms with van der Waals surface area (Å²) in [6, 6.07) is 67.1. The Kier molecular flexibility index (Phi) is 27.1. The minimum atomic E-state index is -4.04. The maximum absolute atomic E-state index is 12.9. The van der Waals surface area contributed by atoms with Crippen LogP contribution in [0.2, 0.25) is 5.02 Å². The number of nitrogens with one attached hydrogen (secondary N) is 4. The number of rotatable bonds is 29. The van der Waals surface area contributed by atoms with E-state index < -0.39 is 33.6 Å². The highest BCUT2D eigenvalue weighted by Crippen LogP contribution is 2.53. The number of carboxylic acids is 1. The van der Waals surface area contributed by atoms with E-state index >= 15 is 0 Å². The monoisotopic (exact) mass is 1640 g/mol. The number of aliphatic hydroxyl groups is 1. The topological polar surface area (TPSA) is 309 Å². The number of hydrogen-bond donors (Lipinski definition) is 6. The van der Waals surface area contributed by atoms with Crippen molar-refractivity contribution >= 4 is 114 Å². The van der Waals surface area contributed by atoms with Gasteiger partial charge in [0.25, 0.3) is 21.8 Å². The quantitative estimate of drug-likeness (QED) is 0.0237. The van der Waals surface area contributed by atoms with E-state index in [9.17, 15) is 42.6 Å². The minimum absolute atomic E-state index is 0.0221. The number of nitrogens with zero attached hydrogens (tertiary/aromatic N) is 5. The van der Waals surface area contributed by atoms with Crippen molar-refractivity contribution in [2.75, 3.05) is 30.1 Å². The van der Waals surface area contributed by atoms with Crippen LogP contribution in [0.15, 0.2) is 239 Å². The van der Waals surface area contributed by atoms with Crippen LogP contribution in [0.1, 0.15) is 154 Å². The number of carboxylic acid groups (broad SMARTS) is 1. The molecule has 25 heteroatoms. The lowest BCUT2D eigenvalue weighted by Crippen LogP contribution is -2.31. The Morgan fingerprint density at radius 2 is 1.52 bits per heavy atom. The number of thioether (sulfide) groups is 1. The van der Waals surface area contributed by atoms with Crippen LogP contribution in [0, 0.1) is 12.3 Å². The molecule has 2 aliphatic carbocycles. The molecule has 0 saturated heterocycles. The van der Waals surface area contributed by atoms with Gasteiger partial charge in [-0.2, -0.15) is 17.0 Å². The van der Waals surface area contributed by atoms with Gasteiger partial charge in [-0.25, -0.2) is 22.9 Å². The van der Waals surface area contributed by atoms with Gasteiger partial charge in [0.05, 0.1) is 52.9 Å². The molecule has 2 fully saturated rings. The van der Waals surface area contributed by atoms with Gasteiger partial charge in [-0.3, -0.25) is 24.5 Å². The maximum Gasteiger partial charge on any atom is 0.411 e. The first-order valence-electron chi connectivity index (χ1n) is 39.1. The molecule has 2 saturated carbocycles. The summed E-state index contributed by atoms with van der Waals surface area (Å²) in [5.41, 5.74) is 11.4. The largest absolute Gasteiger partial charge is 0.496 e. The van der Waals surface area contributed by atoms with Crippen molar-refractivity contribution in [3.63, 3.8) is 0 Å². The third kappa shape index (κ3) is 22.1. The molecule has 4 heterocycles. The SMILES string of the molecule is CC(C)(O)c1ccccc1CCC(SCC1(CC(=O)O)CC1)c1cccc(/C=C/c2ccc3ccc(Cl)cc3n2)c1.COc1cc(C(=O)NS(=O)(=O)c2ccccc2C)ccc1Cc1cn(C)c2ccc(NC(=O)OC3CCCC3)cc12.O=C(Nc1cccc2c(=O)cc(-c3nn[nH]n3)oc12)c1ccc(OCCCCc2ccccc2)cc1. The molecule has 0 spiro atoms. The Hall–Kier alpha value is -12.2. The second-order valence-corrected chi connectivity index (χ2v) is 33.5. The second-order valence-electron chi connectivity index (χ2n) is 30.2. The summed E-state index contributed by atoms with van der Waals surface area (Å²) in [7, 11) is -0.583. The van der Waals surface area contributed by atoms with Crippen molar-refractivity contribution in [2.45, 2.75) is 126 Å². The zero-order chi connectivity index (χ0) is 82.9. The van der Waals surface area contributed by atoms with Crippen LogP contribution >= 0.6 is 23.4 Å². The fourth-order valence-corrected chi connectivity index (χ4v) is 17.5. The highest BCUT2D eigenvalue weighted by Gasteiger charge is 2.45. The first-order valence-corrected chi connectivity index (χ1v) is 42.1. The average Bonchev–Trinajstić information content (AvgIpc) is 1.45. The van der Waals surface area contributed by atoms with E-state index in [1.54, 1.807) is 79.7 Å². The summed E-state index contributed by atoms with van der Waals surface area (Å²) < 4.78 is 52.6. The summed E-state index contributed by atoms with van der Waals surface area (Å²) in [5, 5.41) is 42.6. The van der Waals surface area contributed by atoms with Gasteiger partial charge in [0, 0.05) is 74.9 Å². The smallest absolute Gasteiger partial charge is 0.411 e. The molecular weight excluding hydrogens is 1550 g/mol. The number of aromatic amines is 1. The van der Waals surface area contributed by atoms with Crippen molar-refractivity contribution in [1.82, 2.24) is 34.9 Å². The number of amides is 3. The predicted molar refractivity (Wildman–Crippen MR) is 463 cm³/mol. The minimum Gasteiger partial charge on any atom is -0.496 e. The summed E-state index contributed by atoms with van der Waals surface area (Å²) in [6.45, 7) is 5.94. The zero-order valence-electron chi connectivity index (χ0n) is 66.1. The zero-order valence-corrected chi connectivity index (χ0v) is 68.5. The fraction of sp³-hybridized carbons (Fsp3) is 0.258. The second kappa shape index (κ2) is 38.2. The molecule has 22 nitrogen and oxygen atoms in total. The van der Waals surface area contributed by atoms with Crippen molar-refractivity contribution in [2.24, 2.45) is 12.5 Å². The highest BCUT2D eigenvalue weighted by atomic mass is 35.5. The van der Waals surface area contributed by atoms with E-state index in [0.29, 0.717) is 57.4 Å². The number of halogens is 1. The predicted octanol–water partition coefficient (Wildman–Crippen LogP) is 19.3. The van der Waals surface area contributed by atoms with Crippen molar-refractivity contribution in [3.05, 3.63) is 301 Å². The number of aryl methyl sites for hydroxylation is 4. The molecule has 1 unspecified atom stereocenters. The molecule has 13 aromatic rings. The molecule has 0 bridgehead atoms. The van der Waals surface area contributed by atoms with Gasteiger partial charge >= 0.3 is 12.1 Å². The molecule has 6 N–H and O–H groups in total. The number of aliphatic carboxylic acids is 1. The van der Waals surface area contributed by atoms with Crippen LogP contribution in [0.25, 0.3) is 56.5 Å². The summed E-state index contributed by atoms with van der Waals surface area (Å²) in [5.74, 6) is 0.479. The molecular formula is C93H92ClN9O13S2. The molecule has 3 amide bonds. The third-order valence-electron chi connectivity index (χ3n) is 20.9. The summed E-state index contributed by atoms with van der Waals surface area (Å²) in [4.78, 5) is 67.0. The van der Waals surface area contributed by atoms with Crippen LogP contribution in [-0.4, -0.2) is 98.3 Å². The molecule has 606 valence electrons. The lowest BCUT2D eigenvalue weighted by molar-refractivity contribution is -0.138. The lowest BCUT2D eigenvalue weighted by atomic mass is 9.90. The Balaban J connectivity index is 0.000000154. The molecule has 0 aliphatic heterocycles. The molecule has 118 heavy (non-hydrogen) atoms. The number of anilines is 2. The number of para-hydroxylation sites is 1. The first kappa shape index (κ1) is 83.7. The van der Waals surface area contributed by atoms with Gasteiger partial charge in [-0.05, 0) is 244 Å². The number of pyridine rings is 1. The Bertz CT molecular complexity index is 5960. The fourth-order valence-electron chi connectivity index (χ4n) is 14.5. The molecule has 4 aromatic heterocycles. The van der Waals surface area contributed by atoms with Crippen LogP contribution in [0.4, 0.5) is 16.2 Å². The van der Waals surface area contributed by atoms with E-state index in [4.69, 9.17) is 35.2 Å². The normalized spacial score (nSPS) is 13.4. The molecule has 9 aromatic carbocycles. The Morgan fingerprint density at radius 1 is 0.763 bits per heavy atom. The Labute approximate surface area is 693 Å². The standard InChI is InChI=1S/C35H36ClNO3S.C31H33N3O6S.C27H23N5O4/c1-34(2,40)30-9-4-3-7-25(30)13-17-32(41-23-35(18-19-35)22-33(38)39)27-8-5-6-24(20-27)10-15-29-16-12-26-11-14-28(36)21-31(26)37-29;1-20-8-4-7-11-29(20)41(37,38)33-30(35)22-13-12-21(28(17-22)39-3)16-23-19-34(2)27-15-14-24(18-26(23)27)32-31(36)40-25-9-5-6-10-25;33-23-17-24(26-29-31-32-30-26)36-25-21(23)10-6-11-22(25)28-27(34)19-12-14-20(15-13-19)35-16-5-4-9-18-7-2-1-3-8-18/h3-12,14-16,20-21,32,40H,13,17-19,22-23H2,1-2H3,(H,38,39);4,7-8,11-15,17-19,25H,5-6,9-10,16H2,1-3H3,(H,32,36)(H,33,35);1-3,6-8,10-15,17H,4-5,9,16H2,(H,28,34)(H,29,30,31,32)/b15-10+;;. The van der Waals surface area contributed by atoms with E-state index in [2.05, 4.69) is 90.6 Å². The van der Waals surface area contributed by atoms with Gasteiger partial charge in [-0.1, -0.05) is 139 Å². The van der Waals surface area contributed by atoms with E-state index in [-0.39, 0.29) is 62.2 Å². The number of tetrazole rings is 1. The van der Waals surface area contributed by atoms with Crippen LogP contribution in [0.3, 0.4) is 0 Å². The Morgan fingerprint density at radius 3 is 2.27 bits per heavy atom. The van der Waals surface area contributed by atoms with E-state index in [1.807, 2.05) is 128 Å². The van der Waals surface area contributed by atoms with Gasteiger partial charge in [0.1, 0.15) is 17.6 Å². The number of benzene rings is 9. The molecule has 1 atom stereocenters. The van der Waals surface area contributed by atoms with Crippen LogP contribution in [-0.2, 0) is 51.5 Å². The molecule has 0 radical (unpaired) electrons.